The molecule has 2 heterocycles. The zero-order valence-corrected chi connectivity index (χ0v) is 20.6. The smallest absolute Gasteiger partial charge is 0.338 e. The molecule has 7 nitrogen and oxygen atoms in total. The van der Waals surface area contributed by atoms with Crippen LogP contribution in [0.25, 0.3) is 0 Å². The maximum absolute atomic E-state index is 13.3. The van der Waals surface area contributed by atoms with Gasteiger partial charge in [-0.05, 0) is 69.6 Å². The van der Waals surface area contributed by atoms with Gasteiger partial charge in [-0.1, -0.05) is 23.9 Å². The lowest BCUT2D eigenvalue weighted by Gasteiger charge is -2.37. The predicted molar refractivity (Wildman–Crippen MR) is 130 cm³/mol. The van der Waals surface area contributed by atoms with Crippen molar-refractivity contribution in [2.45, 2.75) is 58.6 Å². The molecule has 0 aromatic heterocycles. The molecule has 1 aliphatic carbocycles. The van der Waals surface area contributed by atoms with Crippen molar-refractivity contribution in [3.05, 3.63) is 52.2 Å². The Balaban J connectivity index is 1.67. The van der Waals surface area contributed by atoms with Gasteiger partial charge in [0.15, 0.2) is 5.17 Å². The van der Waals surface area contributed by atoms with Crippen molar-refractivity contribution in [2.75, 3.05) is 13.7 Å². The van der Waals surface area contributed by atoms with E-state index in [9.17, 15) is 9.59 Å². The second-order valence-electron chi connectivity index (χ2n) is 9.59. The maximum Gasteiger partial charge on any atom is 0.338 e. The summed E-state index contributed by atoms with van der Waals surface area (Å²) in [5, 5.41) is 5.75. The number of ether oxygens (including phenoxy) is 2. The van der Waals surface area contributed by atoms with Gasteiger partial charge in [-0.15, -0.1) is 0 Å². The van der Waals surface area contributed by atoms with E-state index in [4.69, 9.17) is 14.5 Å². The highest BCUT2D eigenvalue weighted by molar-refractivity contribution is 8.16. The van der Waals surface area contributed by atoms with E-state index in [0.29, 0.717) is 17.2 Å². The van der Waals surface area contributed by atoms with Gasteiger partial charge in [-0.3, -0.25) is 4.79 Å². The second-order valence-corrected chi connectivity index (χ2v) is 10.4. The van der Waals surface area contributed by atoms with E-state index < -0.39 is 17.6 Å². The van der Waals surface area contributed by atoms with E-state index >= 15 is 0 Å². The van der Waals surface area contributed by atoms with Gasteiger partial charge in [-0.2, -0.15) is 0 Å². The number of benzene rings is 1. The van der Waals surface area contributed by atoms with Crippen molar-refractivity contribution in [1.82, 2.24) is 10.2 Å². The Kier molecular flexibility index (Phi) is 6.56. The highest BCUT2D eigenvalue weighted by atomic mass is 32.2. The fourth-order valence-corrected chi connectivity index (χ4v) is 4.84. The van der Waals surface area contributed by atoms with Crippen molar-refractivity contribution >= 4 is 28.8 Å². The Labute approximate surface area is 199 Å². The number of rotatable bonds is 7. The van der Waals surface area contributed by atoms with Crippen LogP contribution in [-0.2, 0) is 14.3 Å². The van der Waals surface area contributed by atoms with E-state index in [1.807, 2.05) is 62.3 Å². The van der Waals surface area contributed by atoms with Crippen molar-refractivity contribution in [1.29, 1.82) is 0 Å². The van der Waals surface area contributed by atoms with Crippen LogP contribution in [0.2, 0.25) is 0 Å². The summed E-state index contributed by atoms with van der Waals surface area (Å²) in [6.45, 7) is 8.11. The zero-order valence-electron chi connectivity index (χ0n) is 19.8. The number of aliphatic imine (C=N–C) groups is 1. The van der Waals surface area contributed by atoms with Crippen LogP contribution in [0.15, 0.2) is 51.6 Å². The van der Waals surface area contributed by atoms with Crippen LogP contribution in [0.5, 0.6) is 5.75 Å². The fraction of sp³-hybridized carbons (Fsp3) is 0.480. The summed E-state index contributed by atoms with van der Waals surface area (Å²) >= 11 is 1.47. The summed E-state index contributed by atoms with van der Waals surface area (Å²) in [6, 6.07) is 7.18. The molecule has 1 unspecified atom stereocenters. The molecule has 1 N–H and O–H groups in total. The van der Waals surface area contributed by atoms with Gasteiger partial charge in [0.1, 0.15) is 11.4 Å². The molecule has 1 aromatic carbocycles. The summed E-state index contributed by atoms with van der Waals surface area (Å²) in [4.78, 5) is 32.7. The number of allylic oxidation sites excluding steroid dienone is 1. The summed E-state index contributed by atoms with van der Waals surface area (Å²) < 4.78 is 11.1. The molecule has 1 saturated carbocycles. The standard InChI is InChI=1S/C25H31N3O4S/c1-15-21(23(30)32-25(2,3)4)22(17-8-10-19(31-5)11-9-17)28-18(14-33-24(28)27-15)12-20(29)26-13-16-6-7-16/h8-11,14,16,22H,6-7,12-13H2,1-5H3,(H,26,29). The molecular formula is C25H31N3O4S. The Bertz CT molecular complexity index is 1030. The van der Waals surface area contributed by atoms with Crippen molar-refractivity contribution < 1.29 is 19.1 Å². The largest absolute Gasteiger partial charge is 0.497 e. The fourth-order valence-electron chi connectivity index (χ4n) is 3.87. The molecule has 1 amide bonds. The Morgan fingerprint density at radius 1 is 1.21 bits per heavy atom. The first-order chi connectivity index (χ1) is 15.7. The molecule has 0 saturated heterocycles. The molecule has 8 heteroatoms. The van der Waals surface area contributed by atoms with Gasteiger partial charge in [0, 0.05) is 12.2 Å². The van der Waals surface area contributed by atoms with E-state index in [1.54, 1.807) is 7.11 Å². The van der Waals surface area contributed by atoms with Crippen LogP contribution >= 0.6 is 11.8 Å². The summed E-state index contributed by atoms with van der Waals surface area (Å²) in [6.07, 6.45) is 2.60. The number of amidine groups is 1. The number of nitrogens with zero attached hydrogens (tertiary/aromatic N) is 2. The third-order valence-corrected chi connectivity index (χ3v) is 6.57. The van der Waals surface area contributed by atoms with Gasteiger partial charge >= 0.3 is 5.97 Å². The van der Waals surface area contributed by atoms with Crippen LogP contribution in [0, 0.1) is 5.92 Å². The van der Waals surface area contributed by atoms with E-state index in [-0.39, 0.29) is 12.3 Å². The van der Waals surface area contributed by atoms with Crippen LogP contribution < -0.4 is 10.1 Å². The lowest BCUT2D eigenvalue weighted by molar-refractivity contribution is -0.150. The molecule has 0 radical (unpaired) electrons. The highest BCUT2D eigenvalue weighted by Crippen LogP contribution is 2.45. The average molecular weight is 470 g/mol. The number of hydrogen-bond donors (Lipinski definition) is 1. The summed E-state index contributed by atoms with van der Waals surface area (Å²) in [5.41, 5.74) is 2.18. The van der Waals surface area contributed by atoms with Gasteiger partial charge in [0.25, 0.3) is 0 Å². The number of carbonyl (C=O) groups is 2. The quantitative estimate of drug-likeness (QED) is 0.591. The van der Waals surface area contributed by atoms with Crippen LogP contribution in [0.1, 0.15) is 58.6 Å². The average Bonchev–Trinajstić information content (AvgIpc) is 3.51. The molecule has 33 heavy (non-hydrogen) atoms. The molecular weight excluding hydrogens is 438 g/mol. The molecule has 4 rings (SSSR count). The van der Waals surface area contributed by atoms with Crippen LogP contribution in [0.3, 0.4) is 0 Å². The maximum atomic E-state index is 13.3. The minimum Gasteiger partial charge on any atom is -0.497 e. The topological polar surface area (TPSA) is 80.2 Å². The molecule has 3 aliphatic rings. The van der Waals surface area contributed by atoms with Gasteiger partial charge < -0.3 is 19.7 Å². The molecule has 0 spiro atoms. The first-order valence-electron chi connectivity index (χ1n) is 11.2. The van der Waals surface area contributed by atoms with Gasteiger partial charge in [0.2, 0.25) is 5.91 Å². The van der Waals surface area contributed by atoms with Crippen LogP contribution in [0.4, 0.5) is 0 Å². The van der Waals surface area contributed by atoms with Crippen molar-refractivity contribution in [3.8, 4) is 5.75 Å². The zero-order chi connectivity index (χ0) is 23.8. The second kappa shape index (κ2) is 9.25. The van der Waals surface area contributed by atoms with Gasteiger partial charge in [-0.25, -0.2) is 9.79 Å². The Morgan fingerprint density at radius 2 is 1.91 bits per heavy atom. The Hall–Kier alpha value is -2.74. The van der Waals surface area contributed by atoms with Crippen LogP contribution in [-0.4, -0.2) is 41.2 Å². The first-order valence-corrected chi connectivity index (χ1v) is 12.1. The number of nitrogens with one attached hydrogen (secondary N) is 1. The monoisotopic (exact) mass is 469 g/mol. The van der Waals surface area contributed by atoms with E-state index in [0.717, 1.165) is 28.7 Å². The highest BCUT2D eigenvalue weighted by Gasteiger charge is 2.42. The molecule has 2 aliphatic heterocycles. The van der Waals surface area contributed by atoms with Crippen molar-refractivity contribution in [2.24, 2.45) is 10.9 Å². The molecule has 1 aromatic rings. The molecule has 1 atom stereocenters. The number of hydrogen-bond acceptors (Lipinski definition) is 7. The van der Waals surface area contributed by atoms with Gasteiger partial charge in [0.05, 0.1) is 30.8 Å². The summed E-state index contributed by atoms with van der Waals surface area (Å²) in [5.74, 6) is 0.921. The SMILES string of the molecule is COc1ccc(C2C(C(=O)OC(C)(C)C)=C(C)N=C3SC=C(CC(=O)NCC4CC4)N32)cc1. The number of esters is 1. The third kappa shape index (κ3) is 5.43. The van der Waals surface area contributed by atoms with E-state index in [1.165, 1.54) is 24.6 Å². The minimum absolute atomic E-state index is 0.0198. The lowest BCUT2D eigenvalue weighted by Crippen LogP contribution is -2.39. The lowest BCUT2D eigenvalue weighted by atomic mass is 9.93. The molecule has 0 bridgehead atoms. The normalized spacial score (nSPS) is 20.2. The van der Waals surface area contributed by atoms with Crippen molar-refractivity contribution in [3.63, 3.8) is 0 Å². The number of methoxy groups -OCH3 is 1. The number of carbonyl (C=O) groups excluding carboxylic acids is 2. The van der Waals surface area contributed by atoms with E-state index in [2.05, 4.69) is 5.32 Å². The number of fused-ring (bicyclic) bond motifs is 1. The molecule has 176 valence electrons. The number of amides is 1. The molecule has 1 fully saturated rings. The Morgan fingerprint density at radius 3 is 2.52 bits per heavy atom. The predicted octanol–water partition coefficient (Wildman–Crippen LogP) is 4.53. The minimum atomic E-state index is -0.639. The first kappa shape index (κ1) is 23.4. The third-order valence-electron chi connectivity index (χ3n) is 5.68. The number of thioether (sulfide) groups is 1. The summed E-state index contributed by atoms with van der Waals surface area (Å²) in [7, 11) is 1.62.